The van der Waals surface area contributed by atoms with E-state index in [-0.39, 0.29) is 11.8 Å². The van der Waals surface area contributed by atoms with Crippen molar-refractivity contribution in [3.8, 4) is 0 Å². The number of benzene rings is 2. The summed E-state index contributed by atoms with van der Waals surface area (Å²) in [6.07, 6.45) is 0.335. The molecule has 1 heterocycles. The van der Waals surface area contributed by atoms with Crippen LogP contribution in [0.2, 0.25) is 0 Å². The lowest BCUT2D eigenvalue weighted by Gasteiger charge is -2.37. The molecule has 2 amide bonds. The van der Waals surface area contributed by atoms with Gasteiger partial charge in [0.2, 0.25) is 5.91 Å². The van der Waals surface area contributed by atoms with Crippen LogP contribution in [0.4, 0.5) is 11.4 Å². The van der Waals surface area contributed by atoms with E-state index in [4.69, 9.17) is 4.74 Å². The Kier molecular flexibility index (Phi) is 6.49. The first-order valence-corrected chi connectivity index (χ1v) is 9.65. The van der Waals surface area contributed by atoms with E-state index < -0.39 is 5.97 Å². The molecule has 1 saturated heterocycles. The molecule has 0 unspecified atom stereocenters. The highest BCUT2D eigenvalue weighted by atomic mass is 16.5. The fourth-order valence-corrected chi connectivity index (χ4v) is 3.31. The summed E-state index contributed by atoms with van der Waals surface area (Å²) < 4.78 is 4.78. The molecular weight excluding hydrogens is 370 g/mol. The zero-order valence-corrected chi connectivity index (χ0v) is 16.7. The molecule has 152 valence electrons. The summed E-state index contributed by atoms with van der Waals surface area (Å²) in [5, 5.41) is 2.87. The summed E-state index contributed by atoms with van der Waals surface area (Å²) in [4.78, 5) is 40.4. The van der Waals surface area contributed by atoms with Crippen LogP contribution in [0.1, 0.15) is 34.1 Å². The van der Waals surface area contributed by atoms with Gasteiger partial charge in [-0.3, -0.25) is 9.59 Å². The predicted molar refractivity (Wildman–Crippen MR) is 111 cm³/mol. The fraction of sp³-hybridized carbons (Fsp3) is 0.318. The number of nitrogens with one attached hydrogen (secondary N) is 1. The number of anilines is 2. The molecule has 7 heteroatoms. The van der Waals surface area contributed by atoms with Gasteiger partial charge in [-0.2, -0.15) is 0 Å². The largest absolute Gasteiger partial charge is 0.465 e. The van der Waals surface area contributed by atoms with Gasteiger partial charge in [0.05, 0.1) is 24.0 Å². The number of hydrogen-bond acceptors (Lipinski definition) is 5. The third-order valence-electron chi connectivity index (χ3n) is 4.94. The fourth-order valence-electron chi connectivity index (χ4n) is 3.31. The van der Waals surface area contributed by atoms with Gasteiger partial charge in [0.25, 0.3) is 5.91 Å². The van der Waals surface area contributed by atoms with Gasteiger partial charge in [-0.1, -0.05) is 25.1 Å². The standard InChI is InChI=1S/C22H25N3O4/c1-3-20(26)23-18-15-17(22(28)29-2)9-10-19(18)24-11-13-25(14-12-24)21(27)16-7-5-4-6-8-16/h4-10,15H,3,11-14H2,1-2H3,(H,23,26). The summed E-state index contributed by atoms with van der Waals surface area (Å²) in [5.41, 5.74) is 2.45. The monoisotopic (exact) mass is 395 g/mol. The number of carbonyl (C=O) groups is 3. The van der Waals surface area contributed by atoms with Crippen LogP contribution in [0.3, 0.4) is 0 Å². The summed E-state index contributed by atoms with van der Waals surface area (Å²) in [6, 6.07) is 14.4. The highest BCUT2D eigenvalue weighted by Gasteiger charge is 2.24. The number of piperazine rings is 1. The second-order valence-corrected chi connectivity index (χ2v) is 6.77. The Morgan fingerprint density at radius 2 is 1.66 bits per heavy atom. The van der Waals surface area contributed by atoms with Gasteiger partial charge in [0, 0.05) is 38.2 Å². The third kappa shape index (κ3) is 4.74. The highest BCUT2D eigenvalue weighted by molar-refractivity contribution is 5.98. The molecule has 2 aromatic carbocycles. The van der Waals surface area contributed by atoms with Gasteiger partial charge < -0.3 is 19.9 Å². The average Bonchev–Trinajstić information content (AvgIpc) is 2.78. The van der Waals surface area contributed by atoms with E-state index in [1.165, 1.54) is 7.11 Å². The van der Waals surface area contributed by atoms with Gasteiger partial charge in [0.15, 0.2) is 0 Å². The minimum atomic E-state index is -0.457. The maximum absolute atomic E-state index is 12.6. The summed E-state index contributed by atoms with van der Waals surface area (Å²) in [6.45, 7) is 4.19. The summed E-state index contributed by atoms with van der Waals surface area (Å²) in [7, 11) is 1.32. The van der Waals surface area contributed by atoms with Gasteiger partial charge in [-0.15, -0.1) is 0 Å². The number of hydrogen-bond donors (Lipinski definition) is 1. The molecule has 1 aliphatic rings. The zero-order chi connectivity index (χ0) is 20.8. The predicted octanol–water partition coefficient (Wildman–Crippen LogP) is 2.78. The van der Waals surface area contributed by atoms with Crippen molar-refractivity contribution in [2.45, 2.75) is 13.3 Å². The van der Waals surface area contributed by atoms with E-state index in [2.05, 4.69) is 10.2 Å². The Morgan fingerprint density at radius 1 is 0.966 bits per heavy atom. The molecule has 1 aliphatic heterocycles. The third-order valence-corrected chi connectivity index (χ3v) is 4.94. The van der Waals surface area contributed by atoms with E-state index >= 15 is 0 Å². The molecule has 0 spiro atoms. The van der Waals surface area contributed by atoms with Gasteiger partial charge in [-0.05, 0) is 30.3 Å². The molecule has 1 fully saturated rings. The average molecular weight is 395 g/mol. The minimum Gasteiger partial charge on any atom is -0.465 e. The maximum atomic E-state index is 12.6. The summed E-state index contributed by atoms with van der Waals surface area (Å²) in [5.74, 6) is -0.571. The number of methoxy groups -OCH3 is 1. The molecule has 3 rings (SSSR count). The molecule has 2 aromatic rings. The van der Waals surface area contributed by atoms with Crippen molar-refractivity contribution in [3.05, 3.63) is 59.7 Å². The Bertz CT molecular complexity index is 890. The van der Waals surface area contributed by atoms with Crippen LogP contribution in [-0.2, 0) is 9.53 Å². The van der Waals surface area contributed by atoms with E-state index in [1.54, 1.807) is 19.1 Å². The first-order chi connectivity index (χ1) is 14.0. The van der Waals surface area contributed by atoms with E-state index in [9.17, 15) is 14.4 Å². The van der Waals surface area contributed by atoms with Crippen molar-refractivity contribution in [1.82, 2.24) is 4.90 Å². The molecular formula is C22H25N3O4. The first kappa shape index (κ1) is 20.4. The van der Waals surface area contributed by atoms with Crippen LogP contribution < -0.4 is 10.2 Å². The molecule has 7 nitrogen and oxygen atoms in total. The minimum absolute atomic E-state index is 0.0193. The molecule has 0 aliphatic carbocycles. The SMILES string of the molecule is CCC(=O)Nc1cc(C(=O)OC)ccc1N1CCN(C(=O)c2ccccc2)CC1. The van der Waals surface area contributed by atoms with E-state index in [1.807, 2.05) is 41.3 Å². The number of rotatable bonds is 5. The lowest BCUT2D eigenvalue weighted by atomic mass is 10.1. The number of ether oxygens (including phenoxy) is 1. The number of esters is 1. The van der Waals surface area contributed by atoms with E-state index in [0.717, 1.165) is 5.69 Å². The van der Waals surface area contributed by atoms with Gasteiger partial charge in [0.1, 0.15) is 0 Å². The van der Waals surface area contributed by atoms with Crippen LogP contribution in [0.25, 0.3) is 0 Å². The number of nitrogens with zero attached hydrogens (tertiary/aromatic N) is 2. The first-order valence-electron chi connectivity index (χ1n) is 9.65. The molecule has 1 N–H and O–H groups in total. The summed E-state index contributed by atoms with van der Waals surface area (Å²) >= 11 is 0. The Hall–Kier alpha value is -3.35. The second kappa shape index (κ2) is 9.23. The van der Waals surface area contributed by atoms with Crippen molar-refractivity contribution in [3.63, 3.8) is 0 Å². The highest BCUT2D eigenvalue weighted by Crippen LogP contribution is 2.29. The lowest BCUT2D eigenvalue weighted by molar-refractivity contribution is -0.115. The van der Waals surface area contributed by atoms with Crippen molar-refractivity contribution < 1.29 is 19.1 Å². The molecule has 0 atom stereocenters. The van der Waals surface area contributed by atoms with E-state index in [0.29, 0.717) is 49.4 Å². The van der Waals surface area contributed by atoms with Crippen molar-refractivity contribution in [2.24, 2.45) is 0 Å². The smallest absolute Gasteiger partial charge is 0.337 e. The van der Waals surface area contributed by atoms with Crippen LogP contribution in [-0.4, -0.2) is 56.0 Å². The maximum Gasteiger partial charge on any atom is 0.337 e. The van der Waals surface area contributed by atoms with Crippen molar-refractivity contribution in [2.75, 3.05) is 43.5 Å². The van der Waals surface area contributed by atoms with Crippen LogP contribution >= 0.6 is 0 Å². The molecule has 29 heavy (non-hydrogen) atoms. The Labute approximate surface area is 170 Å². The number of amides is 2. The molecule has 0 aromatic heterocycles. The Morgan fingerprint density at radius 3 is 2.28 bits per heavy atom. The van der Waals surface area contributed by atoms with Gasteiger partial charge in [-0.25, -0.2) is 4.79 Å². The topological polar surface area (TPSA) is 79.0 Å². The van der Waals surface area contributed by atoms with Crippen LogP contribution in [0.15, 0.2) is 48.5 Å². The molecule has 0 bridgehead atoms. The Balaban J connectivity index is 1.76. The second-order valence-electron chi connectivity index (χ2n) is 6.77. The van der Waals surface area contributed by atoms with Gasteiger partial charge >= 0.3 is 5.97 Å². The van der Waals surface area contributed by atoms with Crippen LogP contribution in [0.5, 0.6) is 0 Å². The lowest BCUT2D eigenvalue weighted by Crippen LogP contribution is -2.49. The normalized spacial score (nSPS) is 13.7. The molecule has 0 radical (unpaired) electrons. The van der Waals surface area contributed by atoms with Crippen molar-refractivity contribution in [1.29, 1.82) is 0 Å². The van der Waals surface area contributed by atoms with Crippen LogP contribution in [0, 0.1) is 0 Å². The van der Waals surface area contributed by atoms with Crippen molar-refractivity contribution >= 4 is 29.2 Å². The quantitative estimate of drug-likeness (QED) is 0.788. The number of carbonyl (C=O) groups excluding carboxylic acids is 3. The zero-order valence-electron chi connectivity index (χ0n) is 16.7. The molecule has 0 saturated carbocycles.